The van der Waals surface area contributed by atoms with Gasteiger partial charge in [-0.05, 0) is 31.2 Å². The average Bonchev–Trinajstić information content (AvgIpc) is 2.76. The van der Waals surface area contributed by atoms with Crippen LogP contribution in [0.1, 0.15) is 9.75 Å². The van der Waals surface area contributed by atoms with E-state index in [9.17, 15) is 4.79 Å². The fourth-order valence-corrected chi connectivity index (χ4v) is 2.11. The van der Waals surface area contributed by atoms with Gasteiger partial charge in [0, 0.05) is 15.4 Å². The first-order valence-corrected chi connectivity index (χ1v) is 6.27. The number of aryl methyl sites for hydroxylation is 1. The Morgan fingerprint density at radius 3 is 2.67 bits per heavy atom. The molecule has 0 saturated carbocycles. The van der Waals surface area contributed by atoms with Crippen molar-refractivity contribution in [3.05, 3.63) is 52.2 Å². The summed E-state index contributed by atoms with van der Waals surface area (Å²) in [6, 6.07) is 12.8. The second kappa shape index (κ2) is 5.97. The van der Waals surface area contributed by atoms with Gasteiger partial charge in [-0.3, -0.25) is 0 Å². The van der Waals surface area contributed by atoms with Gasteiger partial charge in [0.1, 0.15) is 0 Å². The monoisotopic (exact) mass is 259 g/mol. The van der Waals surface area contributed by atoms with Gasteiger partial charge >= 0.3 is 6.03 Å². The van der Waals surface area contributed by atoms with Crippen LogP contribution < -0.4 is 10.7 Å². The van der Waals surface area contributed by atoms with Crippen molar-refractivity contribution in [1.82, 2.24) is 5.43 Å². The van der Waals surface area contributed by atoms with Gasteiger partial charge in [-0.15, -0.1) is 11.3 Å². The molecule has 0 radical (unpaired) electrons. The number of urea groups is 1. The Hall–Kier alpha value is -2.14. The molecule has 1 heterocycles. The van der Waals surface area contributed by atoms with Gasteiger partial charge in [0.25, 0.3) is 0 Å². The molecule has 0 bridgehead atoms. The highest BCUT2D eigenvalue weighted by molar-refractivity contribution is 7.13. The van der Waals surface area contributed by atoms with Crippen LogP contribution in [0.15, 0.2) is 47.6 Å². The van der Waals surface area contributed by atoms with Crippen LogP contribution in [0.5, 0.6) is 0 Å². The molecule has 0 unspecified atom stereocenters. The summed E-state index contributed by atoms with van der Waals surface area (Å²) in [6.45, 7) is 2.03. The second-order valence-corrected chi connectivity index (χ2v) is 4.96. The normalized spacial score (nSPS) is 10.5. The molecule has 0 atom stereocenters. The largest absolute Gasteiger partial charge is 0.339 e. The van der Waals surface area contributed by atoms with E-state index in [0.717, 1.165) is 10.6 Å². The molecule has 92 valence electrons. The van der Waals surface area contributed by atoms with Crippen LogP contribution in [0.25, 0.3) is 0 Å². The number of thiophene rings is 1. The molecule has 1 aromatic heterocycles. The van der Waals surface area contributed by atoms with E-state index in [-0.39, 0.29) is 6.03 Å². The van der Waals surface area contributed by atoms with Gasteiger partial charge < -0.3 is 5.32 Å². The van der Waals surface area contributed by atoms with E-state index in [2.05, 4.69) is 15.8 Å². The third-order valence-corrected chi connectivity index (χ3v) is 3.09. The van der Waals surface area contributed by atoms with Crippen LogP contribution in [0.2, 0.25) is 0 Å². The summed E-state index contributed by atoms with van der Waals surface area (Å²) in [5.41, 5.74) is 3.15. The molecule has 2 aromatic rings. The predicted octanol–water partition coefficient (Wildman–Crippen LogP) is 3.21. The summed E-state index contributed by atoms with van der Waals surface area (Å²) in [6.07, 6.45) is 1.63. The Bertz CT molecular complexity index is 548. The van der Waals surface area contributed by atoms with Crippen molar-refractivity contribution < 1.29 is 4.79 Å². The Balaban J connectivity index is 1.83. The highest BCUT2D eigenvalue weighted by Gasteiger charge is 1.98. The number of hydrogen-bond acceptors (Lipinski definition) is 3. The van der Waals surface area contributed by atoms with Crippen LogP contribution in [-0.2, 0) is 0 Å². The molecule has 2 N–H and O–H groups in total. The zero-order valence-corrected chi connectivity index (χ0v) is 10.7. The standard InChI is InChI=1S/C13H13N3OS/c1-10-7-8-12(18-10)9-14-16-13(17)15-11-5-3-2-4-6-11/h2-9H,1H3,(H2,15,16,17). The molecule has 0 saturated heterocycles. The minimum absolute atomic E-state index is 0.356. The predicted molar refractivity (Wildman–Crippen MR) is 75.2 cm³/mol. The summed E-state index contributed by atoms with van der Waals surface area (Å²) < 4.78 is 0. The fourth-order valence-electron chi connectivity index (χ4n) is 1.36. The topological polar surface area (TPSA) is 53.5 Å². The number of para-hydroxylation sites is 1. The number of carbonyl (C=O) groups is 1. The van der Waals surface area contributed by atoms with E-state index < -0.39 is 0 Å². The third kappa shape index (κ3) is 3.71. The maximum absolute atomic E-state index is 11.5. The van der Waals surface area contributed by atoms with Crippen LogP contribution in [0.4, 0.5) is 10.5 Å². The lowest BCUT2D eigenvalue weighted by Crippen LogP contribution is -2.24. The molecule has 0 spiro atoms. The average molecular weight is 259 g/mol. The van der Waals surface area contributed by atoms with E-state index in [1.54, 1.807) is 17.6 Å². The van der Waals surface area contributed by atoms with Gasteiger partial charge in [0.05, 0.1) is 6.21 Å². The number of rotatable bonds is 3. The molecule has 2 amide bonds. The lowest BCUT2D eigenvalue weighted by molar-refractivity contribution is 0.252. The molecule has 0 aliphatic carbocycles. The lowest BCUT2D eigenvalue weighted by Gasteiger charge is -2.02. The van der Waals surface area contributed by atoms with Crippen molar-refractivity contribution >= 4 is 29.3 Å². The number of benzene rings is 1. The van der Waals surface area contributed by atoms with Crippen molar-refractivity contribution in [3.63, 3.8) is 0 Å². The summed E-state index contributed by atoms with van der Waals surface area (Å²) in [5, 5.41) is 6.55. The van der Waals surface area contributed by atoms with Crippen molar-refractivity contribution in [1.29, 1.82) is 0 Å². The number of carbonyl (C=O) groups excluding carboxylic acids is 1. The number of nitrogens with one attached hydrogen (secondary N) is 2. The SMILES string of the molecule is Cc1ccc(C=NNC(=O)Nc2ccccc2)s1. The van der Waals surface area contributed by atoms with Gasteiger partial charge in [0.15, 0.2) is 0 Å². The van der Waals surface area contributed by atoms with Gasteiger partial charge in [0.2, 0.25) is 0 Å². The molecule has 2 rings (SSSR count). The smallest absolute Gasteiger partial charge is 0.307 e. The number of hydrogen-bond donors (Lipinski definition) is 2. The Kier molecular flexibility index (Phi) is 4.09. The van der Waals surface area contributed by atoms with Gasteiger partial charge in [-0.1, -0.05) is 18.2 Å². The summed E-state index contributed by atoms with van der Waals surface area (Å²) >= 11 is 1.62. The van der Waals surface area contributed by atoms with E-state index >= 15 is 0 Å². The lowest BCUT2D eigenvalue weighted by atomic mass is 10.3. The number of hydrazone groups is 1. The van der Waals surface area contributed by atoms with Crippen LogP contribution in [0.3, 0.4) is 0 Å². The highest BCUT2D eigenvalue weighted by atomic mass is 32.1. The van der Waals surface area contributed by atoms with Crippen molar-refractivity contribution in [2.75, 3.05) is 5.32 Å². The highest BCUT2D eigenvalue weighted by Crippen LogP contribution is 2.12. The van der Waals surface area contributed by atoms with Crippen LogP contribution in [0, 0.1) is 6.92 Å². The molecular weight excluding hydrogens is 246 g/mol. The molecule has 18 heavy (non-hydrogen) atoms. The number of anilines is 1. The first kappa shape index (κ1) is 12.3. The van der Waals surface area contributed by atoms with Crippen LogP contribution >= 0.6 is 11.3 Å². The maximum Gasteiger partial charge on any atom is 0.339 e. The Morgan fingerprint density at radius 2 is 2.00 bits per heavy atom. The van der Waals surface area contributed by atoms with Gasteiger partial charge in [-0.25, -0.2) is 10.2 Å². The Morgan fingerprint density at radius 1 is 1.22 bits per heavy atom. The van der Waals surface area contributed by atoms with E-state index in [1.165, 1.54) is 4.88 Å². The van der Waals surface area contributed by atoms with E-state index in [4.69, 9.17) is 0 Å². The first-order valence-electron chi connectivity index (χ1n) is 5.45. The van der Waals surface area contributed by atoms with Crippen LogP contribution in [-0.4, -0.2) is 12.2 Å². The molecular formula is C13H13N3OS. The quantitative estimate of drug-likeness (QED) is 0.645. The zero-order valence-electron chi connectivity index (χ0n) is 9.88. The first-order chi connectivity index (χ1) is 8.74. The van der Waals surface area contributed by atoms with Crippen molar-refractivity contribution in [2.24, 2.45) is 5.10 Å². The maximum atomic E-state index is 11.5. The minimum Gasteiger partial charge on any atom is -0.307 e. The molecule has 0 aliphatic rings. The molecule has 5 heteroatoms. The third-order valence-electron chi connectivity index (χ3n) is 2.15. The summed E-state index contributed by atoms with van der Waals surface area (Å²) in [7, 11) is 0. The number of amides is 2. The fraction of sp³-hybridized carbons (Fsp3) is 0.0769. The summed E-state index contributed by atoms with van der Waals surface area (Å²) in [5.74, 6) is 0. The second-order valence-electron chi connectivity index (χ2n) is 3.64. The van der Waals surface area contributed by atoms with E-state index in [1.807, 2.05) is 49.4 Å². The Labute approximate surface area is 109 Å². The molecule has 0 fully saturated rings. The van der Waals surface area contributed by atoms with Crippen molar-refractivity contribution in [3.8, 4) is 0 Å². The molecule has 4 nitrogen and oxygen atoms in total. The van der Waals surface area contributed by atoms with Gasteiger partial charge in [-0.2, -0.15) is 5.10 Å². The minimum atomic E-state index is -0.356. The molecule has 0 aliphatic heterocycles. The molecule has 1 aromatic carbocycles. The summed E-state index contributed by atoms with van der Waals surface area (Å²) in [4.78, 5) is 13.7. The zero-order chi connectivity index (χ0) is 12.8. The number of nitrogens with zero attached hydrogens (tertiary/aromatic N) is 1. The van der Waals surface area contributed by atoms with E-state index in [0.29, 0.717) is 0 Å². The van der Waals surface area contributed by atoms with Crippen molar-refractivity contribution in [2.45, 2.75) is 6.92 Å².